The first-order chi connectivity index (χ1) is 18.2. The number of para-hydroxylation sites is 1. The maximum atomic E-state index is 13.7. The number of nitrogens with one attached hydrogen (secondary N) is 1. The highest BCUT2D eigenvalue weighted by atomic mass is 16.2. The Kier molecular flexibility index (Phi) is 5.09. The second-order valence-corrected chi connectivity index (χ2v) is 10.0. The number of carbonyl (C=O) groups excluding carboxylic acids is 1. The molecule has 184 valence electrons. The summed E-state index contributed by atoms with van der Waals surface area (Å²) in [7, 11) is 1.85. The number of guanidine groups is 1. The second kappa shape index (κ2) is 8.62. The average molecular weight is 489 g/mol. The first-order valence-corrected chi connectivity index (χ1v) is 12.9. The summed E-state index contributed by atoms with van der Waals surface area (Å²) in [6.45, 7) is 0.643. The summed E-state index contributed by atoms with van der Waals surface area (Å²) in [4.78, 5) is 26.8. The highest BCUT2D eigenvalue weighted by Crippen LogP contribution is 2.44. The topological polar surface area (TPSA) is 65.8 Å². The maximum absolute atomic E-state index is 13.7. The lowest BCUT2D eigenvalue weighted by molar-refractivity contribution is 0.0866. The van der Waals surface area contributed by atoms with Crippen LogP contribution in [-0.2, 0) is 6.54 Å². The number of pyridine rings is 1. The third-order valence-electron chi connectivity index (χ3n) is 7.77. The Morgan fingerprint density at radius 3 is 2.49 bits per heavy atom. The van der Waals surface area contributed by atoms with Gasteiger partial charge in [-0.1, -0.05) is 42.5 Å². The standard InChI is InChI=1S/C30H28N6O/c1-34-29(37)27-26(36-25-9-5-8-24(25)33-30(34)36)19-35(28(27)32-23-6-3-2-4-7-23)18-20-10-12-21(13-11-20)22-14-16-31-17-15-22/h2-4,6-7,10-17,19,24-25,32H,5,8-9,18H2,1H3. The molecular weight excluding hydrogens is 460 g/mol. The van der Waals surface area contributed by atoms with Gasteiger partial charge in [0.05, 0.1) is 17.8 Å². The van der Waals surface area contributed by atoms with Crippen LogP contribution < -0.4 is 10.2 Å². The van der Waals surface area contributed by atoms with E-state index in [0.29, 0.717) is 18.2 Å². The van der Waals surface area contributed by atoms with Gasteiger partial charge in [0.1, 0.15) is 11.4 Å². The molecular formula is C30H28N6O. The number of carbonyl (C=O) groups is 1. The molecule has 2 atom stereocenters. The first kappa shape index (κ1) is 21.9. The molecule has 7 rings (SSSR count). The summed E-state index contributed by atoms with van der Waals surface area (Å²) in [6, 6.07) is 23.3. The van der Waals surface area contributed by atoms with Crippen molar-refractivity contribution < 1.29 is 4.79 Å². The van der Waals surface area contributed by atoms with Crippen LogP contribution in [0.1, 0.15) is 35.2 Å². The summed E-state index contributed by atoms with van der Waals surface area (Å²) in [5, 5.41) is 3.57. The molecule has 0 bridgehead atoms. The predicted octanol–water partition coefficient (Wildman–Crippen LogP) is 5.52. The molecule has 2 aromatic carbocycles. The van der Waals surface area contributed by atoms with Gasteiger partial charge < -0.3 is 14.8 Å². The van der Waals surface area contributed by atoms with E-state index in [0.717, 1.165) is 52.7 Å². The van der Waals surface area contributed by atoms with Crippen molar-refractivity contribution in [1.82, 2.24) is 14.5 Å². The van der Waals surface area contributed by atoms with Crippen LogP contribution >= 0.6 is 0 Å². The fourth-order valence-electron chi connectivity index (χ4n) is 5.92. The summed E-state index contributed by atoms with van der Waals surface area (Å²) in [5.41, 5.74) is 6.09. The summed E-state index contributed by atoms with van der Waals surface area (Å²) < 4.78 is 2.18. The molecule has 1 N–H and O–H groups in total. The molecule has 37 heavy (non-hydrogen) atoms. The number of aromatic nitrogens is 2. The molecule has 0 spiro atoms. The van der Waals surface area contributed by atoms with Crippen molar-refractivity contribution in [3.63, 3.8) is 0 Å². The minimum Gasteiger partial charge on any atom is -0.341 e. The molecule has 1 fully saturated rings. The Morgan fingerprint density at radius 2 is 1.70 bits per heavy atom. The van der Waals surface area contributed by atoms with Crippen LogP contribution in [0.15, 0.2) is 90.3 Å². The fourth-order valence-corrected chi connectivity index (χ4v) is 5.92. The third kappa shape index (κ3) is 3.61. The van der Waals surface area contributed by atoms with E-state index in [1.165, 1.54) is 6.42 Å². The highest BCUT2D eigenvalue weighted by molar-refractivity contribution is 6.22. The van der Waals surface area contributed by atoms with Gasteiger partial charge in [0.2, 0.25) is 5.96 Å². The lowest BCUT2D eigenvalue weighted by Crippen LogP contribution is -2.51. The van der Waals surface area contributed by atoms with Crippen molar-refractivity contribution in [1.29, 1.82) is 0 Å². The van der Waals surface area contributed by atoms with Gasteiger partial charge in [-0.15, -0.1) is 0 Å². The van der Waals surface area contributed by atoms with Gasteiger partial charge in [-0.2, -0.15) is 0 Å². The molecule has 2 aliphatic heterocycles. The van der Waals surface area contributed by atoms with Crippen LogP contribution in [0, 0.1) is 0 Å². The van der Waals surface area contributed by atoms with E-state index >= 15 is 0 Å². The van der Waals surface area contributed by atoms with Gasteiger partial charge in [0.25, 0.3) is 5.91 Å². The molecule has 2 aromatic heterocycles. The SMILES string of the molecule is CN1C(=O)c2c(cn(Cc3ccc(-c4ccncc4)cc3)c2Nc2ccccc2)N2C1=NC1CCCC12. The van der Waals surface area contributed by atoms with Crippen molar-refractivity contribution >= 4 is 29.1 Å². The van der Waals surface area contributed by atoms with Gasteiger partial charge in [-0.05, 0) is 60.2 Å². The predicted molar refractivity (Wildman–Crippen MR) is 146 cm³/mol. The third-order valence-corrected chi connectivity index (χ3v) is 7.77. The Bertz CT molecular complexity index is 1490. The zero-order chi connectivity index (χ0) is 24.9. The van der Waals surface area contributed by atoms with Crippen molar-refractivity contribution in [3.05, 3.63) is 96.4 Å². The molecule has 2 unspecified atom stereocenters. The second-order valence-electron chi connectivity index (χ2n) is 10.0. The molecule has 1 aliphatic carbocycles. The zero-order valence-electron chi connectivity index (χ0n) is 20.7. The van der Waals surface area contributed by atoms with Crippen molar-refractivity contribution in [2.24, 2.45) is 4.99 Å². The Hall–Kier alpha value is -4.39. The van der Waals surface area contributed by atoms with Crippen LogP contribution in [0.2, 0.25) is 0 Å². The van der Waals surface area contributed by atoms with Gasteiger partial charge in [0, 0.05) is 37.9 Å². The molecule has 0 radical (unpaired) electrons. The molecule has 3 aliphatic rings. The van der Waals surface area contributed by atoms with Gasteiger partial charge in [0.15, 0.2) is 0 Å². The normalized spacial score (nSPS) is 19.9. The van der Waals surface area contributed by atoms with Crippen molar-refractivity contribution in [2.75, 3.05) is 17.3 Å². The van der Waals surface area contributed by atoms with E-state index < -0.39 is 0 Å². The lowest BCUT2D eigenvalue weighted by atomic mass is 10.1. The quantitative estimate of drug-likeness (QED) is 0.402. The van der Waals surface area contributed by atoms with Crippen molar-refractivity contribution in [3.8, 4) is 11.1 Å². The van der Waals surface area contributed by atoms with Gasteiger partial charge in [-0.25, -0.2) is 4.99 Å². The van der Waals surface area contributed by atoms with E-state index in [2.05, 4.69) is 50.2 Å². The van der Waals surface area contributed by atoms with E-state index in [1.807, 2.05) is 61.9 Å². The molecule has 7 nitrogen and oxygen atoms in total. The largest absolute Gasteiger partial charge is 0.341 e. The monoisotopic (exact) mass is 488 g/mol. The number of amides is 1. The minimum absolute atomic E-state index is 0.0183. The highest BCUT2D eigenvalue weighted by Gasteiger charge is 2.48. The fraction of sp³-hybridized carbons (Fsp3) is 0.233. The summed E-state index contributed by atoms with van der Waals surface area (Å²) in [5.74, 6) is 1.59. The number of nitrogens with zero attached hydrogens (tertiary/aromatic N) is 5. The van der Waals surface area contributed by atoms with Gasteiger partial charge in [-0.3, -0.25) is 14.7 Å². The molecule has 0 saturated heterocycles. The van der Waals surface area contributed by atoms with Crippen LogP contribution in [0.5, 0.6) is 0 Å². The van der Waals surface area contributed by atoms with E-state index in [9.17, 15) is 4.79 Å². The Balaban J connectivity index is 1.30. The number of rotatable bonds is 5. The maximum Gasteiger partial charge on any atom is 0.266 e. The first-order valence-electron chi connectivity index (χ1n) is 12.9. The Labute approximate surface area is 216 Å². The van der Waals surface area contributed by atoms with Gasteiger partial charge >= 0.3 is 0 Å². The Morgan fingerprint density at radius 1 is 0.946 bits per heavy atom. The van der Waals surface area contributed by atoms with Crippen LogP contribution in [0.25, 0.3) is 11.1 Å². The van der Waals surface area contributed by atoms with E-state index in [-0.39, 0.29) is 11.9 Å². The molecule has 4 aromatic rings. The zero-order valence-corrected chi connectivity index (χ0v) is 20.7. The molecule has 1 amide bonds. The molecule has 4 heterocycles. The van der Waals surface area contributed by atoms with Crippen LogP contribution in [-0.4, -0.2) is 45.4 Å². The van der Waals surface area contributed by atoms with Crippen molar-refractivity contribution in [2.45, 2.75) is 37.9 Å². The summed E-state index contributed by atoms with van der Waals surface area (Å²) in [6.07, 6.45) is 9.12. The number of anilines is 3. The number of fused-ring (bicyclic) bond motifs is 5. The summed E-state index contributed by atoms with van der Waals surface area (Å²) >= 11 is 0. The smallest absolute Gasteiger partial charge is 0.266 e. The van der Waals surface area contributed by atoms with Crippen LogP contribution in [0.4, 0.5) is 17.2 Å². The van der Waals surface area contributed by atoms with E-state index in [1.54, 1.807) is 4.90 Å². The minimum atomic E-state index is -0.0183. The molecule has 7 heteroatoms. The number of benzene rings is 2. The molecule has 1 saturated carbocycles. The van der Waals surface area contributed by atoms with E-state index in [4.69, 9.17) is 4.99 Å². The number of aliphatic imine (C=N–C) groups is 1. The average Bonchev–Trinajstić information content (AvgIpc) is 3.63. The lowest BCUT2D eigenvalue weighted by Gasteiger charge is -2.35. The number of hydrogen-bond acceptors (Lipinski definition) is 5. The van der Waals surface area contributed by atoms with Crippen LogP contribution in [0.3, 0.4) is 0 Å². The number of hydrogen-bond donors (Lipinski definition) is 1.